The molecule has 1 aliphatic rings. The van der Waals surface area contributed by atoms with Gasteiger partial charge < -0.3 is 14.8 Å². The van der Waals surface area contributed by atoms with Gasteiger partial charge >= 0.3 is 0 Å². The van der Waals surface area contributed by atoms with Gasteiger partial charge in [0.2, 0.25) is 5.91 Å². The summed E-state index contributed by atoms with van der Waals surface area (Å²) in [5.74, 6) is 0.207. The van der Waals surface area contributed by atoms with Gasteiger partial charge in [0.05, 0.1) is 6.54 Å². The van der Waals surface area contributed by atoms with Crippen molar-refractivity contribution in [2.45, 2.75) is 45.6 Å². The number of para-hydroxylation sites is 1. The lowest BCUT2D eigenvalue weighted by Gasteiger charge is -2.36. The van der Waals surface area contributed by atoms with E-state index in [0.29, 0.717) is 6.54 Å². The summed E-state index contributed by atoms with van der Waals surface area (Å²) in [7, 11) is 0. The highest BCUT2D eigenvalue weighted by Gasteiger charge is 2.25. The molecule has 1 aliphatic heterocycles. The number of rotatable bonds is 10. The first-order valence-corrected chi connectivity index (χ1v) is 13.0. The number of benzene rings is 2. The fourth-order valence-corrected chi connectivity index (χ4v) is 5.24. The van der Waals surface area contributed by atoms with Gasteiger partial charge in [0.25, 0.3) is 0 Å². The molecule has 2 heterocycles. The Morgan fingerprint density at radius 2 is 1.82 bits per heavy atom. The predicted molar refractivity (Wildman–Crippen MR) is 143 cm³/mol. The molecule has 6 heteroatoms. The molecule has 0 saturated carbocycles. The number of amides is 1. The fourth-order valence-electron chi connectivity index (χ4n) is 5.07. The first-order valence-electron chi connectivity index (χ1n) is 12.6. The Bertz CT molecular complexity index is 1060. The lowest BCUT2D eigenvalue weighted by Crippen LogP contribution is -2.51. The second-order valence-electron chi connectivity index (χ2n) is 9.46. The summed E-state index contributed by atoms with van der Waals surface area (Å²) in [6, 6.07) is 16.4. The molecule has 0 spiro atoms. The van der Waals surface area contributed by atoms with Crippen LogP contribution < -0.4 is 4.90 Å². The standard InChI is InChI=1S/C28H37ClN4O/c1-3-8-22(2)33(25-10-5-4-6-11-25)28(34)21-32-17-15-31(16-18-32)14-7-9-23-20-30-27-13-12-24(29)19-26(23)27/h4-6,10-13,19-20,22,30H,3,7-9,14-18,21H2,1-2H3. The third kappa shape index (κ3) is 6.21. The van der Waals surface area contributed by atoms with Crippen LogP contribution in [0.4, 0.5) is 5.69 Å². The van der Waals surface area contributed by atoms with Crippen molar-refractivity contribution in [3.8, 4) is 0 Å². The molecule has 1 N–H and O–H groups in total. The van der Waals surface area contributed by atoms with Gasteiger partial charge in [-0.3, -0.25) is 9.69 Å². The molecule has 4 rings (SSSR count). The third-order valence-electron chi connectivity index (χ3n) is 6.92. The Kier molecular flexibility index (Phi) is 8.65. The molecular weight excluding hydrogens is 444 g/mol. The van der Waals surface area contributed by atoms with Crippen LogP contribution in [0.25, 0.3) is 10.9 Å². The van der Waals surface area contributed by atoms with Crippen molar-refractivity contribution in [3.63, 3.8) is 0 Å². The zero-order valence-electron chi connectivity index (χ0n) is 20.5. The van der Waals surface area contributed by atoms with Crippen molar-refractivity contribution >= 4 is 34.1 Å². The molecule has 34 heavy (non-hydrogen) atoms. The molecule has 1 unspecified atom stereocenters. The highest BCUT2D eigenvalue weighted by molar-refractivity contribution is 6.31. The second-order valence-corrected chi connectivity index (χ2v) is 9.90. The van der Waals surface area contributed by atoms with Crippen LogP contribution in [-0.4, -0.2) is 66.0 Å². The normalized spacial score (nSPS) is 16.1. The molecule has 1 aromatic heterocycles. The molecule has 182 valence electrons. The molecule has 0 bridgehead atoms. The van der Waals surface area contributed by atoms with Crippen molar-refractivity contribution in [1.82, 2.24) is 14.8 Å². The zero-order chi connectivity index (χ0) is 23.9. The molecule has 2 aromatic carbocycles. The van der Waals surface area contributed by atoms with E-state index in [1.807, 2.05) is 47.4 Å². The van der Waals surface area contributed by atoms with Gasteiger partial charge in [-0.05, 0) is 68.6 Å². The van der Waals surface area contributed by atoms with Crippen LogP contribution >= 0.6 is 11.6 Å². The van der Waals surface area contributed by atoms with Crippen molar-refractivity contribution in [3.05, 3.63) is 65.3 Å². The number of hydrogen-bond acceptors (Lipinski definition) is 3. The number of H-pyrrole nitrogens is 1. The Morgan fingerprint density at radius 3 is 2.56 bits per heavy atom. The van der Waals surface area contributed by atoms with Gasteiger partial charge in [0.15, 0.2) is 0 Å². The van der Waals surface area contributed by atoms with E-state index in [9.17, 15) is 4.79 Å². The number of aromatic nitrogens is 1. The van der Waals surface area contributed by atoms with E-state index in [-0.39, 0.29) is 11.9 Å². The van der Waals surface area contributed by atoms with Crippen LogP contribution in [0.2, 0.25) is 5.02 Å². The maximum Gasteiger partial charge on any atom is 0.241 e. The van der Waals surface area contributed by atoms with Gasteiger partial charge in [0, 0.05) is 60.0 Å². The Labute approximate surface area is 208 Å². The van der Waals surface area contributed by atoms with Crippen LogP contribution in [0.5, 0.6) is 0 Å². The first kappa shape index (κ1) is 24.8. The van der Waals surface area contributed by atoms with Crippen LogP contribution in [0, 0.1) is 0 Å². The summed E-state index contributed by atoms with van der Waals surface area (Å²) in [6.45, 7) is 9.83. The van der Waals surface area contributed by atoms with Gasteiger partial charge in [0.1, 0.15) is 0 Å². The largest absolute Gasteiger partial charge is 0.361 e. The van der Waals surface area contributed by atoms with Crippen LogP contribution in [0.15, 0.2) is 54.7 Å². The molecule has 5 nitrogen and oxygen atoms in total. The third-order valence-corrected chi connectivity index (χ3v) is 7.16. The average molecular weight is 481 g/mol. The minimum Gasteiger partial charge on any atom is -0.361 e. The van der Waals surface area contributed by atoms with Crippen LogP contribution in [-0.2, 0) is 11.2 Å². The molecule has 0 aliphatic carbocycles. The smallest absolute Gasteiger partial charge is 0.241 e. The second kappa shape index (κ2) is 11.9. The lowest BCUT2D eigenvalue weighted by molar-refractivity contribution is -0.120. The summed E-state index contributed by atoms with van der Waals surface area (Å²) in [6.07, 6.45) is 6.36. The number of fused-ring (bicyclic) bond motifs is 1. The van der Waals surface area contributed by atoms with Gasteiger partial charge in [-0.2, -0.15) is 0 Å². The van der Waals surface area contributed by atoms with E-state index in [1.54, 1.807) is 0 Å². The first-order chi connectivity index (χ1) is 16.5. The monoisotopic (exact) mass is 480 g/mol. The predicted octanol–water partition coefficient (Wildman–Crippen LogP) is 5.59. The molecule has 1 amide bonds. The number of nitrogens with one attached hydrogen (secondary N) is 1. The SMILES string of the molecule is CCCC(C)N(C(=O)CN1CCN(CCCc2c[nH]c3ccc(Cl)cc23)CC1)c1ccccc1. The van der Waals surface area contributed by atoms with Crippen LogP contribution in [0.3, 0.4) is 0 Å². The number of nitrogens with zero attached hydrogens (tertiary/aromatic N) is 3. The summed E-state index contributed by atoms with van der Waals surface area (Å²) >= 11 is 6.19. The summed E-state index contributed by atoms with van der Waals surface area (Å²) in [5, 5.41) is 2.02. The van der Waals surface area contributed by atoms with E-state index < -0.39 is 0 Å². The summed E-state index contributed by atoms with van der Waals surface area (Å²) in [4.78, 5) is 23.5. The highest BCUT2D eigenvalue weighted by Crippen LogP contribution is 2.24. The number of hydrogen-bond donors (Lipinski definition) is 1. The Morgan fingerprint density at radius 1 is 1.09 bits per heavy atom. The van der Waals surface area contributed by atoms with Crippen molar-refractivity contribution in [2.75, 3.05) is 44.2 Å². The zero-order valence-corrected chi connectivity index (χ0v) is 21.2. The molecule has 3 aromatic rings. The number of aromatic amines is 1. The van der Waals surface area contributed by atoms with Crippen LogP contribution in [0.1, 0.15) is 38.7 Å². The minimum absolute atomic E-state index is 0.207. The quantitative estimate of drug-likeness (QED) is 0.411. The van der Waals surface area contributed by atoms with Crippen molar-refractivity contribution < 1.29 is 4.79 Å². The molecular formula is C28H37ClN4O. The highest BCUT2D eigenvalue weighted by atomic mass is 35.5. The van der Waals surface area contributed by atoms with Gasteiger partial charge in [-0.25, -0.2) is 0 Å². The number of piperazine rings is 1. The topological polar surface area (TPSA) is 42.6 Å². The molecule has 1 fully saturated rings. The van der Waals surface area contributed by atoms with Gasteiger partial charge in [-0.15, -0.1) is 0 Å². The van der Waals surface area contributed by atoms with E-state index in [1.165, 1.54) is 10.9 Å². The number of halogens is 1. The number of anilines is 1. The maximum absolute atomic E-state index is 13.3. The van der Waals surface area contributed by atoms with Crippen molar-refractivity contribution in [2.24, 2.45) is 0 Å². The summed E-state index contributed by atoms with van der Waals surface area (Å²) < 4.78 is 0. The number of carbonyl (C=O) groups is 1. The Hall–Kier alpha value is -2.34. The minimum atomic E-state index is 0.207. The number of aryl methyl sites for hydroxylation is 1. The summed E-state index contributed by atoms with van der Waals surface area (Å²) in [5.41, 5.74) is 3.49. The lowest BCUT2D eigenvalue weighted by atomic mass is 10.1. The van der Waals surface area contributed by atoms with E-state index in [0.717, 1.165) is 74.6 Å². The maximum atomic E-state index is 13.3. The van der Waals surface area contributed by atoms with E-state index in [2.05, 4.69) is 40.9 Å². The van der Waals surface area contributed by atoms with Gasteiger partial charge in [-0.1, -0.05) is 43.1 Å². The van der Waals surface area contributed by atoms with E-state index in [4.69, 9.17) is 11.6 Å². The molecule has 1 atom stereocenters. The number of carbonyl (C=O) groups excluding carboxylic acids is 1. The Balaban J connectivity index is 1.25. The average Bonchev–Trinajstić information content (AvgIpc) is 3.23. The molecule has 0 radical (unpaired) electrons. The van der Waals surface area contributed by atoms with E-state index >= 15 is 0 Å². The fraction of sp³-hybridized carbons (Fsp3) is 0.464. The van der Waals surface area contributed by atoms with Crippen molar-refractivity contribution in [1.29, 1.82) is 0 Å². The molecule has 1 saturated heterocycles.